The van der Waals surface area contributed by atoms with Crippen molar-refractivity contribution in [3.8, 4) is 5.75 Å². The van der Waals surface area contributed by atoms with Gasteiger partial charge in [-0.25, -0.2) is 0 Å². The van der Waals surface area contributed by atoms with Crippen LogP contribution >= 0.6 is 12.4 Å². The number of hydrogen-bond donors (Lipinski definition) is 2. The average Bonchev–Trinajstić information content (AvgIpc) is 2.96. The topological polar surface area (TPSA) is 64.3 Å². The molecule has 3 rings (SSSR count). The molecule has 0 aromatic heterocycles. The van der Waals surface area contributed by atoms with E-state index in [0.29, 0.717) is 18.9 Å². The Morgan fingerprint density at radius 3 is 2.58 bits per heavy atom. The fourth-order valence-corrected chi connectivity index (χ4v) is 3.84. The Kier molecular flexibility index (Phi) is 6.53. The summed E-state index contributed by atoms with van der Waals surface area (Å²) >= 11 is 0. The van der Waals surface area contributed by atoms with Crippen LogP contribution in [-0.2, 0) is 11.2 Å². The molecular weight excluding hydrogens is 324 g/mol. The van der Waals surface area contributed by atoms with E-state index in [1.54, 1.807) is 0 Å². The van der Waals surface area contributed by atoms with Gasteiger partial charge in [0.2, 0.25) is 0 Å². The molecule has 0 bridgehead atoms. The lowest BCUT2D eigenvalue weighted by molar-refractivity contribution is -0.128. The fourth-order valence-electron chi connectivity index (χ4n) is 3.84. The first-order valence-corrected chi connectivity index (χ1v) is 8.85. The van der Waals surface area contributed by atoms with Crippen LogP contribution in [0.2, 0.25) is 0 Å². The van der Waals surface area contributed by atoms with Gasteiger partial charge in [-0.2, -0.15) is 0 Å². The number of rotatable bonds is 4. The highest BCUT2D eigenvalue weighted by atomic mass is 35.5. The smallest absolute Gasteiger partial charge is 0.261 e. The molecule has 0 saturated heterocycles. The number of hydrogen-bond acceptors (Lipinski definition) is 3. The largest absolute Gasteiger partial charge is 0.480 e. The molecule has 5 heteroatoms. The van der Waals surface area contributed by atoms with Crippen LogP contribution in [0.15, 0.2) is 12.1 Å². The van der Waals surface area contributed by atoms with Crippen molar-refractivity contribution in [3.63, 3.8) is 0 Å². The zero-order valence-corrected chi connectivity index (χ0v) is 15.5. The number of amides is 1. The average molecular weight is 353 g/mol. The summed E-state index contributed by atoms with van der Waals surface area (Å²) < 4.78 is 5.88. The van der Waals surface area contributed by atoms with Gasteiger partial charge in [0.1, 0.15) is 5.75 Å². The van der Waals surface area contributed by atoms with E-state index in [2.05, 4.69) is 25.2 Å². The molecule has 2 atom stereocenters. The Morgan fingerprint density at radius 1 is 1.25 bits per heavy atom. The first kappa shape index (κ1) is 19.1. The number of nitrogens with two attached hydrogens (primary N) is 1. The number of fused-ring (bicyclic) bond motifs is 1. The molecule has 3 N–H and O–H groups in total. The minimum Gasteiger partial charge on any atom is -0.480 e. The molecule has 24 heavy (non-hydrogen) atoms. The van der Waals surface area contributed by atoms with E-state index in [4.69, 9.17) is 10.5 Å². The molecule has 2 aliphatic rings. The van der Waals surface area contributed by atoms with Crippen LogP contribution in [0.5, 0.6) is 5.75 Å². The van der Waals surface area contributed by atoms with Crippen LogP contribution in [0.1, 0.15) is 48.8 Å². The van der Waals surface area contributed by atoms with E-state index < -0.39 is 6.10 Å². The molecule has 1 aromatic rings. The van der Waals surface area contributed by atoms with Gasteiger partial charge in [-0.15, -0.1) is 12.4 Å². The van der Waals surface area contributed by atoms with Crippen LogP contribution in [0.4, 0.5) is 0 Å². The van der Waals surface area contributed by atoms with Crippen LogP contribution in [0, 0.1) is 19.8 Å². The Balaban J connectivity index is 0.00000208. The predicted molar refractivity (Wildman–Crippen MR) is 98.8 cm³/mol. The molecule has 1 aliphatic heterocycles. The second-order valence-corrected chi connectivity index (χ2v) is 7.10. The van der Waals surface area contributed by atoms with Crippen LogP contribution < -0.4 is 15.8 Å². The van der Waals surface area contributed by atoms with E-state index in [-0.39, 0.29) is 24.4 Å². The van der Waals surface area contributed by atoms with Crippen molar-refractivity contribution in [2.45, 2.75) is 64.5 Å². The summed E-state index contributed by atoms with van der Waals surface area (Å²) in [5.74, 6) is 1.36. The quantitative estimate of drug-likeness (QED) is 0.875. The van der Waals surface area contributed by atoms with E-state index in [0.717, 1.165) is 11.3 Å². The lowest BCUT2D eigenvalue weighted by Crippen LogP contribution is -2.50. The van der Waals surface area contributed by atoms with Crippen molar-refractivity contribution in [3.05, 3.63) is 28.8 Å². The third-order valence-electron chi connectivity index (χ3n) is 5.44. The maximum absolute atomic E-state index is 12.6. The van der Waals surface area contributed by atoms with Gasteiger partial charge < -0.3 is 15.8 Å². The highest BCUT2D eigenvalue weighted by Gasteiger charge is 2.32. The Bertz CT molecular complexity index is 554. The van der Waals surface area contributed by atoms with Gasteiger partial charge in [-0.1, -0.05) is 25.3 Å². The molecule has 134 valence electrons. The SMILES string of the molecule is Cc1cc2c(cc1C)OC(C(=O)NC(CN)C1CCCCC1)C2.Cl. The molecule has 1 heterocycles. The molecule has 1 amide bonds. The highest BCUT2D eigenvalue weighted by Crippen LogP contribution is 2.32. The fraction of sp³-hybridized carbons (Fsp3) is 0.632. The number of aryl methyl sites for hydroxylation is 2. The Hall–Kier alpha value is -1.26. The summed E-state index contributed by atoms with van der Waals surface area (Å²) in [6.45, 7) is 4.67. The molecule has 1 saturated carbocycles. The monoisotopic (exact) mass is 352 g/mol. The summed E-state index contributed by atoms with van der Waals surface area (Å²) in [6, 6.07) is 4.26. The molecule has 1 aliphatic carbocycles. The van der Waals surface area contributed by atoms with Gasteiger partial charge in [0, 0.05) is 19.0 Å². The highest BCUT2D eigenvalue weighted by molar-refractivity contribution is 5.85. The minimum atomic E-state index is -0.413. The van der Waals surface area contributed by atoms with Gasteiger partial charge >= 0.3 is 0 Å². The second-order valence-electron chi connectivity index (χ2n) is 7.10. The zero-order valence-electron chi connectivity index (χ0n) is 14.6. The zero-order chi connectivity index (χ0) is 16.4. The number of benzene rings is 1. The maximum Gasteiger partial charge on any atom is 0.261 e. The molecule has 2 unspecified atom stereocenters. The Morgan fingerprint density at radius 2 is 1.92 bits per heavy atom. The molecule has 1 aromatic carbocycles. The van der Waals surface area contributed by atoms with E-state index in [1.165, 1.54) is 43.2 Å². The van der Waals surface area contributed by atoms with E-state index in [1.807, 2.05) is 6.07 Å². The summed E-state index contributed by atoms with van der Waals surface area (Å²) in [7, 11) is 0. The van der Waals surface area contributed by atoms with Gasteiger partial charge in [-0.05, 0) is 55.4 Å². The van der Waals surface area contributed by atoms with Gasteiger partial charge in [0.25, 0.3) is 5.91 Å². The Labute approximate surface area is 150 Å². The van der Waals surface area contributed by atoms with Crippen molar-refractivity contribution in [2.75, 3.05) is 6.54 Å². The van der Waals surface area contributed by atoms with E-state index >= 15 is 0 Å². The summed E-state index contributed by atoms with van der Waals surface area (Å²) in [5.41, 5.74) is 9.50. The first-order valence-electron chi connectivity index (χ1n) is 8.85. The second kappa shape index (κ2) is 8.21. The molecule has 4 nitrogen and oxygen atoms in total. The molecule has 0 radical (unpaired) electrons. The summed E-state index contributed by atoms with van der Waals surface area (Å²) in [4.78, 5) is 12.6. The third kappa shape index (κ3) is 4.04. The van der Waals surface area contributed by atoms with Crippen molar-refractivity contribution in [2.24, 2.45) is 11.7 Å². The van der Waals surface area contributed by atoms with Gasteiger partial charge in [-0.3, -0.25) is 4.79 Å². The van der Waals surface area contributed by atoms with Crippen LogP contribution in [-0.4, -0.2) is 24.6 Å². The van der Waals surface area contributed by atoms with Crippen molar-refractivity contribution in [1.82, 2.24) is 5.32 Å². The molecule has 1 fully saturated rings. The minimum absolute atomic E-state index is 0. The summed E-state index contributed by atoms with van der Waals surface area (Å²) in [5, 5.41) is 3.15. The van der Waals surface area contributed by atoms with Gasteiger partial charge in [0.05, 0.1) is 0 Å². The number of carbonyl (C=O) groups is 1. The van der Waals surface area contributed by atoms with Crippen molar-refractivity contribution >= 4 is 18.3 Å². The number of ether oxygens (including phenoxy) is 1. The number of halogens is 1. The maximum atomic E-state index is 12.6. The third-order valence-corrected chi connectivity index (χ3v) is 5.44. The van der Waals surface area contributed by atoms with Crippen LogP contribution in [0.3, 0.4) is 0 Å². The number of carbonyl (C=O) groups excluding carboxylic acids is 1. The lowest BCUT2D eigenvalue weighted by Gasteiger charge is -2.30. The number of nitrogens with one attached hydrogen (secondary N) is 1. The predicted octanol–water partition coefficient (Wildman–Crippen LogP) is 3.05. The van der Waals surface area contributed by atoms with Crippen molar-refractivity contribution in [1.29, 1.82) is 0 Å². The first-order chi connectivity index (χ1) is 11.1. The standard InChI is InChI=1S/C19H28N2O2.ClH/c1-12-8-15-10-18(23-17(15)9-13(12)2)19(22)21-16(11-20)14-6-4-3-5-7-14;/h8-9,14,16,18H,3-7,10-11,20H2,1-2H3,(H,21,22);1H. The van der Waals surface area contributed by atoms with Crippen LogP contribution in [0.25, 0.3) is 0 Å². The normalized spacial score (nSPS) is 21.4. The van der Waals surface area contributed by atoms with Gasteiger partial charge in [0.15, 0.2) is 6.10 Å². The molecule has 0 spiro atoms. The van der Waals surface area contributed by atoms with E-state index in [9.17, 15) is 4.79 Å². The summed E-state index contributed by atoms with van der Waals surface area (Å²) in [6.07, 6.45) is 6.40. The van der Waals surface area contributed by atoms with Crippen molar-refractivity contribution < 1.29 is 9.53 Å². The lowest BCUT2D eigenvalue weighted by atomic mass is 9.84. The molecular formula is C19H29ClN2O2.